The SMILES string of the molecule is O=C([O-])c1ccc(NC(=O)c2cc3c(ccc4ccccc43)oc2=O)cc1. The molecule has 3 aromatic carbocycles. The Kier molecular flexibility index (Phi) is 3.93. The zero-order valence-corrected chi connectivity index (χ0v) is 13.9. The van der Waals surface area contributed by atoms with E-state index in [4.69, 9.17) is 4.42 Å². The monoisotopic (exact) mass is 358 g/mol. The van der Waals surface area contributed by atoms with Crippen molar-refractivity contribution in [1.82, 2.24) is 0 Å². The predicted octanol–water partition coefficient (Wildman–Crippen LogP) is 2.56. The van der Waals surface area contributed by atoms with E-state index >= 15 is 0 Å². The Labute approximate surface area is 152 Å². The van der Waals surface area contributed by atoms with Crippen LogP contribution in [0.5, 0.6) is 0 Å². The largest absolute Gasteiger partial charge is 0.545 e. The zero-order valence-electron chi connectivity index (χ0n) is 13.9. The van der Waals surface area contributed by atoms with Gasteiger partial charge in [0.05, 0.1) is 5.97 Å². The van der Waals surface area contributed by atoms with Crippen LogP contribution in [0, 0.1) is 0 Å². The fourth-order valence-corrected chi connectivity index (χ4v) is 2.92. The second kappa shape index (κ2) is 6.42. The molecule has 0 aliphatic heterocycles. The number of carboxylic acids is 1. The first kappa shape index (κ1) is 16.5. The minimum absolute atomic E-state index is 0.00955. The van der Waals surface area contributed by atoms with Crippen LogP contribution in [-0.4, -0.2) is 11.9 Å². The second-order valence-electron chi connectivity index (χ2n) is 5.96. The van der Waals surface area contributed by atoms with Crippen LogP contribution in [0.4, 0.5) is 5.69 Å². The molecule has 0 spiro atoms. The first-order valence-corrected chi connectivity index (χ1v) is 8.11. The van der Waals surface area contributed by atoms with Gasteiger partial charge in [0.1, 0.15) is 11.1 Å². The topological polar surface area (TPSA) is 99.4 Å². The van der Waals surface area contributed by atoms with Crippen LogP contribution >= 0.6 is 0 Å². The van der Waals surface area contributed by atoms with Gasteiger partial charge < -0.3 is 19.6 Å². The molecule has 0 atom stereocenters. The van der Waals surface area contributed by atoms with E-state index < -0.39 is 17.5 Å². The molecule has 27 heavy (non-hydrogen) atoms. The van der Waals surface area contributed by atoms with Crippen molar-refractivity contribution in [2.24, 2.45) is 0 Å². The molecule has 1 amide bonds. The Bertz CT molecular complexity index is 1260. The lowest BCUT2D eigenvalue weighted by Crippen LogP contribution is -2.22. The summed E-state index contributed by atoms with van der Waals surface area (Å²) in [6, 6.07) is 18.1. The van der Waals surface area contributed by atoms with Gasteiger partial charge in [-0.05, 0) is 40.6 Å². The maximum Gasteiger partial charge on any atom is 0.349 e. The van der Waals surface area contributed by atoms with Gasteiger partial charge in [0.15, 0.2) is 0 Å². The van der Waals surface area contributed by atoms with Gasteiger partial charge in [-0.3, -0.25) is 4.79 Å². The minimum atomic E-state index is -1.31. The van der Waals surface area contributed by atoms with Crippen LogP contribution in [0.1, 0.15) is 20.7 Å². The third-order valence-electron chi connectivity index (χ3n) is 4.27. The van der Waals surface area contributed by atoms with E-state index in [1.54, 1.807) is 6.07 Å². The highest BCUT2D eigenvalue weighted by atomic mass is 16.4. The van der Waals surface area contributed by atoms with Crippen molar-refractivity contribution >= 4 is 39.3 Å². The second-order valence-corrected chi connectivity index (χ2v) is 5.96. The van der Waals surface area contributed by atoms with Gasteiger partial charge in [-0.1, -0.05) is 42.5 Å². The summed E-state index contributed by atoms with van der Waals surface area (Å²) in [5, 5.41) is 15.8. The van der Waals surface area contributed by atoms with E-state index in [1.165, 1.54) is 30.3 Å². The smallest absolute Gasteiger partial charge is 0.349 e. The third kappa shape index (κ3) is 3.04. The summed E-state index contributed by atoms with van der Waals surface area (Å²) < 4.78 is 5.31. The number of benzene rings is 3. The molecule has 1 aromatic heterocycles. The van der Waals surface area contributed by atoms with E-state index in [0.717, 1.165) is 10.8 Å². The molecule has 132 valence electrons. The normalized spacial score (nSPS) is 10.8. The Morgan fingerprint density at radius 2 is 1.63 bits per heavy atom. The standard InChI is InChI=1S/C21H13NO5/c23-19(22-14-8-5-13(6-9-14)20(24)25)17-11-16-15-4-2-1-3-12(15)7-10-18(16)27-21(17)26/h1-11H,(H,22,23)(H,24,25)/p-1. The maximum atomic E-state index is 12.5. The van der Waals surface area contributed by atoms with Crippen LogP contribution in [0.25, 0.3) is 21.7 Å². The number of hydrogen-bond donors (Lipinski definition) is 1. The van der Waals surface area contributed by atoms with Gasteiger partial charge in [0.25, 0.3) is 5.91 Å². The first-order chi connectivity index (χ1) is 13.0. The molecule has 4 rings (SSSR count). The Balaban J connectivity index is 1.74. The molecule has 0 aliphatic rings. The van der Waals surface area contributed by atoms with Crippen molar-refractivity contribution in [3.05, 3.63) is 88.3 Å². The molecule has 0 fully saturated rings. The molecule has 4 aromatic rings. The highest BCUT2D eigenvalue weighted by molar-refractivity contribution is 6.10. The number of carbonyl (C=O) groups is 2. The summed E-state index contributed by atoms with van der Waals surface area (Å²) in [7, 11) is 0. The van der Waals surface area contributed by atoms with E-state index in [0.29, 0.717) is 16.7 Å². The summed E-state index contributed by atoms with van der Waals surface area (Å²) in [4.78, 5) is 35.5. The summed E-state index contributed by atoms with van der Waals surface area (Å²) in [6.07, 6.45) is 0. The number of aromatic carboxylic acids is 1. The van der Waals surface area contributed by atoms with Crippen molar-refractivity contribution in [3.63, 3.8) is 0 Å². The molecule has 1 N–H and O–H groups in total. The number of anilines is 1. The van der Waals surface area contributed by atoms with Crippen molar-refractivity contribution in [1.29, 1.82) is 0 Å². The molecule has 6 nitrogen and oxygen atoms in total. The van der Waals surface area contributed by atoms with Gasteiger partial charge in [-0.15, -0.1) is 0 Å². The fourth-order valence-electron chi connectivity index (χ4n) is 2.92. The molecule has 0 saturated heterocycles. The van der Waals surface area contributed by atoms with Crippen molar-refractivity contribution in [2.75, 3.05) is 5.32 Å². The Morgan fingerprint density at radius 1 is 0.889 bits per heavy atom. The molecule has 6 heteroatoms. The molecule has 0 saturated carbocycles. The summed E-state index contributed by atoms with van der Waals surface area (Å²) >= 11 is 0. The molecule has 1 heterocycles. The van der Waals surface area contributed by atoms with Crippen LogP contribution in [-0.2, 0) is 0 Å². The lowest BCUT2D eigenvalue weighted by molar-refractivity contribution is -0.255. The van der Waals surface area contributed by atoms with Crippen LogP contribution < -0.4 is 16.0 Å². The minimum Gasteiger partial charge on any atom is -0.545 e. The van der Waals surface area contributed by atoms with Gasteiger partial charge in [-0.25, -0.2) is 4.79 Å². The van der Waals surface area contributed by atoms with Gasteiger partial charge in [0, 0.05) is 11.1 Å². The lowest BCUT2D eigenvalue weighted by atomic mass is 10.0. The quantitative estimate of drug-likeness (QED) is 0.448. The highest BCUT2D eigenvalue weighted by Gasteiger charge is 2.15. The van der Waals surface area contributed by atoms with Crippen molar-refractivity contribution in [3.8, 4) is 0 Å². The summed E-state index contributed by atoms with van der Waals surface area (Å²) in [6.45, 7) is 0. The van der Waals surface area contributed by atoms with E-state index in [-0.39, 0.29) is 11.1 Å². The highest BCUT2D eigenvalue weighted by Crippen LogP contribution is 2.25. The lowest BCUT2D eigenvalue weighted by Gasteiger charge is -2.08. The molecule has 0 radical (unpaired) electrons. The number of amides is 1. The molecule has 0 aliphatic carbocycles. The Morgan fingerprint density at radius 3 is 2.37 bits per heavy atom. The van der Waals surface area contributed by atoms with Crippen LogP contribution in [0.15, 0.2) is 75.9 Å². The zero-order chi connectivity index (χ0) is 19.0. The third-order valence-corrected chi connectivity index (χ3v) is 4.27. The first-order valence-electron chi connectivity index (χ1n) is 8.11. The number of carbonyl (C=O) groups excluding carboxylic acids is 2. The Hall–Kier alpha value is -3.93. The molecule has 0 bridgehead atoms. The molecular weight excluding hydrogens is 346 g/mol. The number of carboxylic acid groups (broad SMARTS) is 1. The van der Waals surface area contributed by atoms with Gasteiger partial charge in [0.2, 0.25) is 0 Å². The van der Waals surface area contributed by atoms with Crippen LogP contribution in [0.2, 0.25) is 0 Å². The number of nitrogens with one attached hydrogen (secondary N) is 1. The summed E-state index contributed by atoms with van der Waals surface area (Å²) in [5.74, 6) is -1.95. The van der Waals surface area contributed by atoms with Crippen LogP contribution in [0.3, 0.4) is 0 Å². The average Bonchev–Trinajstić information content (AvgIpc) is 2.67. The van der Waals surface area contributed by atoms with Gasteiger partial charge in [-0.2, -0.15) is 0 Å². The van der Waals surface area contributed by atoms with E-state index in [1.807, 2.05) is 30.3 Å². The fraction of sp³-hybridized carbons (Fsp3) is 0. The number of fused-ring (bicyclic) bond motifs is 3. The summed E-state index contributed by atoms with van der Waals surface area (Å²) in [5.41, 5.74) is -0.148. The number of hydrogen-bond acceptors (Lipinski definition) is 5. The maximum absolute atomic E-state index is 12.5. The van der Waals surface area contributed by atoms with E-state index in [9.17, 15) is 19.5 Å². The van der Waals surface area contributed by atoms with Crippen molar-refractivity contribution < 1.29 is 19.1 Å². The molecular formula is C21H12NO5-. The van der Waals surface area contributed by atoms with Gasteiger partial charge >= 0.3 is 5.63 Å². The average molecular weight is 358 g/mol. The molecule has 0 unspecified atom stereocenters. The predicted molar refractivity (Wildman–Crippen MR) is 98.7 cm³/mol. The van der Waals surface area contributed by atoms with E-state index in [2.05, 4.69) is 5.32 Å². The van der Waals surface area contributed by atoms with Crippen molar-refractivity contribution in [2.45, 2.75) is 0 Å². The number of rotatable bonds is 3.